The lowest BCUT2D eigenvalue weighted by Gasteiger charge is -2.34. The molecule has 1 aliphatic rings. The SMILES string of the molecule is Cc1cc(N2CCCC(NC(=O)c3nn(C)c(C)c3Cl)C2)n(C)n1. The maximum Gasteiger partial charge on any atom is 0.273 e. The van der Waals surface area contributed by atoms with Crippen LogP contribution in [0.15, 0.2) is 6.07 Å². The van der Waals surface area contributed by atoms with Crippen molar-refractivity contribution in [1.82, 2.24) is 24.9 Å². The van der Waals surface area contributed by atoms with E-state index in [2.05, 4.69) is 26.5 Å². The van der Waals surface area contributed by atoms with Crippen molar-refractivity contribution in [2.75, 3.05) is 18.0 Å². The summed E-state index contributed by atoms with van der Waals surface area (Å²) in [5, 5.41) is 12.1. The minimum Gasteiger partial charge on any atom is -0.355 e. The molecule has 0 bridgehead atoms. The van der Waals surface area contributed by atoms with Crippen molar-refractivity contribution in [3.8, 4) is 0 Å². The Kier molecular flexibility index (Phi) is 4.54. The van der Waals surface area contributed by atoms with Gasteiger partial charge in [0.2, 0.25) is 0 Å². The molecule has 24 heavy (non-hydrogen) atoms. The predicted molar refractivity (Wildman–Crippen MR) is 93.6 cm³/mol. The number of carbonyl (C=O) groups excluding carboxylic acids is 1. The molecule has 3 heterocycles. The van der Waals surface area contributed by atoms with Crippen molar-refractivity contribution >= 4 is 23.3 Å². The van der Waals surface area contributed by atoms with Crippen LogP contribution < -0.4 is 10.2 Å². The van der Waals surface area contributed by atoms with Gasteiger partial charge in [0, 0.05) is 39.3 Å². The molecule has 1 fully saturated rings. The van der Waals surface area contributed by atoms with Crippen LogP contribution in [-0.2, 0) is 14.1 Å². The number of hydrogen-bond acceptors (Lipinski definition) is 4. The van der Waals surface area contributed by atoms with E-state index in [1.165, 1.54) is 0 Å². The number of anilines is 1. The molecular weight excluding hydrogens is 328 g/mol. The first kappa shape index (κ1) is 16.8. The highest BCUT2D eigenvalue weighted by atomic mass is 35.5. The van der Waals surface area contributed by atoms with Gasteiger partial charge in [0.15, 0.2) is 5.69 Å². The standard InChI is InChI=1S/C16H23ClN6O/c1-10-8-13(22(4)19-10)23-7-5-6-12(9-23)18-16(24)15-14(17)11(2)21(3)20-15/h8,12H,5-7,9H2,1-4H3,(H,18,24). The molecule has 8 heteroatoms. The minimum absolute atomic E-state index is 0.0693. The zero-order chi connectivity index (χ0) is 17.4. The third-order valence-corrected chi connectivity index (χ3v) is 4.99. The summed E-state index contributed by atoms with van der Waals surface area (Å²) >= 11 is 6.21. The summed E-state index contributed by atoms with van der Waals surface area (Å²) in [6.45, 7) is 5.56. The van der Waals surface area contributed by atoms with Gasteiger partial charge >= 0.3 is 0 Å². The number of nitrogens with zero attached hydrogens (tertiary/aromatic N) is 5. The highest BCUT2D eigenvalue weighted by molar-refractivity contribution is 6.34. The summed E-state index contributed by atoms with van der Waals surface area (Å²) in [5.41, 5.74) is 2.08. The maximum absolute atomic E-state index is 12.5. The molecule has 3 rings (SSSR count). The first-order valence-corrected chi connectivity index (χ1v) is 8.50. The van der Waals surface area contributed by atoms with Crippen LogP contribution >= 0.6 is 11.6 Å². The average molecular weight is 351 g/mol. The molecule has 130 valence electrons. The number of aromatic nitrogens is 4. The molecule has 0 saturated carbocycles. The van der Waals surface area contributed by atoms with Gasteiger partial charge in [-0.2, -0.15) is 10.2 Å². The van der Waals surface area contributed by atoms with Gasteiger partial charge in [0.25, 0.3) is 5.91 Å². The van der Waals surface area contributed by atoms with Gasteiger partial charge in [-0.25, -0.2) is 0 Å². The monoisotopic (exact) mass is 350 g/mol. The van der Waals surface area contributed by atoms with Gasteiger partial charge < -0.3 is 10.2 Å². The van der Waals surface area contributed by atoms with E-state index in [-0.39, 0.29) is 11.9 Å². The average Bonchev–Trinajstić information content (AvgIpc) is 3.01. The lowest BCUT2D eigenvalue weighted by Crippen LogP contribution is -2.48. The number of nitrogens with one attached hydrogen (secondary N) is 1. The van der Waals surface area contributed by atoms with E-state index in [0.29, 0.717) is 10.7 Å². The summed E-state index contributed by atoms with van der Waals surface area (Å²) in [7, 11) is 3.73. The van der Waals surface area contributed by atoms with Crippen LogP contribution in [-0.4, -0.2) is 44.6 Å². The Balaban J connectivity index is 1.70. The number of halogens is 1. The molecule has 1 unspecified atom stereocenters. The predicted octanol–water partition coefficient (Wildman–Crippen LogP) is 1.82. The molecule has 0 radical (unpaired) electrons. The van der Waals surface area contributed by atoms with E-state index >= 15 is 0 Å². The van der Waals surface area contributed by atoms with E-state index in [1.807, 2.05) is 25.6 Å². The molecule has 7 nitrogen and oxygen atoms in total. The molecule has 0 spiro atoms. The normalized spacial score (nSPS) is 18.0. The van der Waals surface area contributed by atoms with E-state index in [0.717, 1.165) is 43.1 Å². The number of rotatable bonds is 3. The second kappa shape index (κ2) is 6.47. The summed E-state index contributed by atoms with van der Waals surface area (Å²) in [6, 6.07) is 2.14. The molecule has 0 aliphatic carbocycles. The molecule has 0 aromatic carbocycles. The Morgan fingerprint density at radius 2 is 2.04 bits per heavy atom. The summed E-state index contributed by atoms with van der Waals surface area (Å²) in [6.07, 6.45) is 1.96. The Labute approximate surface area is 146 Å². The Hall–Kier alpha value is -2.02. The van der Waals surface area contributed by atoms with Crippen molar-refractivity contribution in [1.29, 1.82) is 0 Å². The Morgan fingerprint density at radius 1 is 1.29 bits per heavy atom. The van der Waals surface area contributed by atoms with Crippen LogP contribution in [0.3, 0.4) is 0 Å². The fourth-order valence-corrected chi connectivity index (χ4v) is 3.42. The quantitative estimate of drug-likeness (QED) is 0.917. The van der Waals surface area contributed by atoms with E-state index < -0.39 is 0 Å². The van der Waals surface area contributed by atoms with Gasteiger partial charge in [-0.05, 0) is 26.7 Å². The first-order valence-electron chi connectivity index (χ1n) is 8.12. The first-order chi connectivity index (χ1) is 11.4. The third-order valence-electron chi connectivity index (χ3n) is 4.53. The zero-order valence-electron chi connectivity index (χ0n) is 14.5. The third kappa shape index (κ3) is 3.13. The molecule has 2 aromatic rings. The van der Waals surface area contributed by atoms with Gasteiger partial charge in [0.1, 0.15) is 5.82 Å². The summed E-state index contributed by atoms with van der Waals surface area (Å²) in [5.74, 6) is 0.870. The highest BCUT2D eigenvalue weighted by Crippen LogP contribution is 2.22. The lowest BCUT2D eigenvalue weighted by atomic mass is 10.1. The lowest BCUT2D eigenvalue weighted by molar-refractivity contribution is 0.0927. The van der Waals surface area contributed by atoms with Crippen LogP contribution in [0.25, 0.3) is 0 Å². The number of piperidine rings is 1. The molecule has 1 saturated heterocycles. The molecule has 2 aromatic heterocycles. The van der Waals surface area contributed by atoms with Gasteiger partial charge in [0.05, 0.1) is 16.4 Å². The minimum atomic E-state index is -0.211. The molecule has 1 amide bonds. The van der Waals surface area contributed by atoms with Crippen LogP contribution in [0.4, 0.5) is 5.82 Å². The summed E-state index contributed by atoms with van der Waals surface area (Å²) < 4.78 is 3.52. The van der Waals surface area contributed by atoms with Crippen molar-refractivity contribution in [2.45, 2.75) is 32.7 Å². The summed E-state index contributed by atoms with van der Waals surface area (Å²) in [4.78, 5) is 14.8. The smallest absolute Gasteiger partial charge is 0.273 e. The Bertz CT molecular complexity index is 765. The van der Waals surface area contributed by atoms with Crippen LogP contribution in [0.5, 0.6) is 0 Å². The topological polar surface area (TPSA) is 68.0 Å². The maximum atomic E-state index is 12.5. The van der Waals surface area contributed by atoms with E-state index in [4.69, 9.17) is 11.6 Å². The van der Waals surface area contributed by atoms with Crippen molar-refractivity contribution < 1.29 is 4.79 Å². The number of amides is 1. The molecule has 1 atom stereocenters. The zero-order valence-corrected chi connectivity index (χ0v) is 15.3. The van der Waals surface area contributed by atoms with Crippen LogP contribution in [0, 0.1) is 13.8 Å². The van der Waals surface area contributed by atoms with Gasteiger partial charge in [-0.1, -0.05) is 11.6 Å². The van der Waals surface area contributed by atoms with Crippen molar-refractivity contribution in [3.05, 3.63) is 28.2 Å². The molecule has 1 aliphatic heterocycles. The number of hydrogen-bond donors (Lipinski definition) is 1. The van der Waals surface area contributed by atoms with E-state index in [1.54, 1.807) is 11.7 Å². The van der Waals surface area contributed by atoms with Crippen molar-refractivity contribution in [3.63, 3.8) is 0 Å². The van der Waals surface area contributed by atoms with Gasteiger partial charge in [-0.3, -0.25) is 14.2 Å². The molecular formula is C16H23ClN6O. The largest absolute Gasteiger partial charge is 0.355 e. The second-order valence-electron chi connectivity index (χ2n) is 6.40. The highest BCUT2D eigenvalue weighted by Gasteiger charge is 2.26. The molecule has 1 N–H and O–H groups in total. The fraction of sp³-hybridized carbons (Fsp3) is 0.562. The number of carbonyl (C=O) groups is 1. The van der Waals surface area contributed by atoms with Crippen molar-refractivity contribution in [2.24, 2.45) is 14.1 Å². The van der Waals surface area contributed by atoms with E-state index in [9.17, 15) is 4.79 Å². The van der Waals surface area contributed by atoms with Gasteiger partial charge in [-0.15, -0.1) is 0 Å². The van der Waals surface area contributed by atoms with Crippen LogP contribution in [0.1, 0.15) is 34.7 Å². The second-order valence-corrected chi connectivity index (χ2v) is 6.78. The Morgan fingerprint density at radius 3 is 2.62 bits per heavy atom. The number of aryl methyl sites for hydroxylation is 3. The fourth-order valence-electron chi connectivity index (χ4n) is 3.18. The van der Waals surface area contributed by atoms with Crippen LogP contribution in [0.2, 0.25) is 5.02 Å².